The Morgan fingerprint density at radius 2 is 1.96 bits per heavy atom. The molecular formula is C21H24N2. The van der Waals surface area contributed by atoms with Gasteiger partial charge < -0.3 is 4.90 Å². The minimum atomic E-state index is 0.543. The lowest BCUT2D eigenvalue weighted by Gasteiger charge is -2.41. The lowest BCUT2D eigenvalue weighted by atomic mass is 9.83. The Hall–Kier alpha value is -2.09. The molecule has 0 amide bonds. The van der Waals surface area contributed by atoms with Crippen molar-refractivity contribution in [3.05, 3.63) is 59.7 Å². The van der Waals surface area contributed by atoms with Crippen LogP contribution in [-0.4, -0.2) is 18.8 Å². The summed E-state index contributed by atoms with van der Waals surface area (Å²) in [5.74, 6) is 0.543. The number of aryl methyl sites for hydroxylation is 1. The fourth-order valence-corrected chi connectivity index (χ4v) is 4.07. The molecule has 0 fully saturated rings. The third kappa shape index (κ3) is 2.67. The third-order valence-electron chi connectivity index (χ3n) is 5.06. The highest BCUT2D eigenvalue weighted by Gasteiger charge is 2.32. The van der Waals surface area contributed by atoms with Gasteiger partial charge >= 0.3 is 0 Å². The number of hydrogen-bond acceptors (Lipinski definition) is 2. The van der Waals surface area contributed by atoms with Crippen LogP contribution in [0.2, 0.25) is 0 Å². The molecule has 2 nitrogen and oxygen atoms in total. The van der Waals surface area contributed by atoms with Gasteiger partial charge in [-0.05, 0) is 37.0 Å². The fraction of sp³-hybridized carbons (Fsp3) is 0.381. The third-order valence-corrected chi connectivity index (χ3v) is 5.06. The normalized spacial score (nSPS) is 21.3. The highest BCUT2D eigenvalue weighted by Crippen LogP contribution is 2.38. The summed E-state index contributed by atoms with van der Waals surface area (Å²) in [5.41, 5.74) is 6.71. The van der Waals surface area contributed by atoms with E-state index in [1.807, 2.05) is 0 Å². The maximum absolute atomic E-state index is 5.08. The van der Waals surface area contributed by atoms with E-state index < -0.39 is 0 Å². The maximum atomic E-state index is 5.08. The van der Waals surface area contributed by atoms with Gasteiger partial charge in [-0.3, -0.25) is 4.99 Å². The number of benzene rings is 2. The quantitative estimate of drug-likeness (QED) is 0.780. The number of hydrogen-bond donors (Lipinski definition) is 0. The minimum Gasteiger partial charge on any atom is -0.370 e. The van der Waals surface area contributed by atoms with Crippen molar-refractivity contribution >= 4 is 17.1 Å². The van der Waals surface area contributed by atoms with Gasteiger partial charge in [0.1, 0.15) is 0 Å². The molecule has 1 atom stereocenters. The van der Waals surface area contributed by atoms with E-state index in [-0.39, 0.29) is 0 Å². The number of rotatable bonds is 3. The Kier molecular flexibility index (Phi) is 3.90. The number of anilines is 1. The average Bonchev–Trinajstić information content (AvgIpc) is 2.59. The van der Waals surface area contributed by atoms with Crippen LogP contribution in [0.25, 0.3) is 0 Å². The molecule has 118 valence electrons. The Balaban J connectivity index is 1.85. The van der Waals surface area contributed by atoms with Gasteiger partial charge in [0.25, 0.3) is 0 Å². The van der Waals surface area contributed by atoms with Crippen molar-refractivity contribution in [1.29, 1.82) is 0 Å². The van der Waals surface area contributed by atoms with Crippen LogP contribution in [-0.2, 0) is 6.42 Å². The van der Waals surface area contributed by atoms with E-state index in [9.17, 15) is 0 Å². The summed E-state index contributed by atoms with van der Waals surface area (Å²) >= 11 is 0. The van der Waals surface area contributed by atoms with E-state index in [0.717, 1.165) is 12.2 Å². The van der Waals surface area contributed by atoms with E-state index in [0.29, 0.717) is 5.92 Å². The van der Waals surface area contributed by atoms with Crippen LogP contribution in [0.1, 0.15) is 37.3 Å². The van der Waals surface area contributed by atoms with Crippen molar-refractivity contribution in [1.82, 2.24) is 0 Å². The highest BCUT2D eigenvalue weighted by molar-refractivity contribution is 6.10. The first kappa shape index (κ1) is 14.5. The van der Waals surface area contributed by atoms with Gasteiger partial charge in [0, 0.05) is 30.3 Å². The van der Waals surface area contributed by atoms with Gasteiger partial charge in [0.2, 0.25) is 0 Å². The molecule has 23 heavy (non-hydrogen) atoms. The predicted molar refractivity (Wildman–Crippen MR) is 98.0 cm³/mol. The molecule has 2 aromatic rings. The van der Waals surface area contributed by atoms with Gasteiger partial charge in [-0.2, -0.15) is 0 Å². The molecule has 2 aromatic carbocycles. The average molecular weight is 304 g/mol. The molecular weight excluding hydrogens is 280 g/mol. The van der Waals surface area contributed by atoms with Crippen LogP contribution in [0.3, 0.4) is 0 Å². The first-order valence-corrected chi connectivity index (χ1v) is 8.87. The summed E-state index contributed by atoms with van der Waals surface area (Å²) in [7, 11) is 0. The van der Waals surface area contributed by atoms with Crippen LogP contribution in [0, 0.1) is 5.92 Å². The number of nitrogens with zero attached hydrogens (tertiary/aromatic N) is 2. The van der Waals surface area contributed by atoms with Crippen molar-refractivity contribution < 1.29 is 0 Å². The molecule has 0 aliphatic carbocycles. The van der Waals surface area contributed by atoms with Crippen LogP contribution >= 0.6 is 0 Å². The first-order chi connectivity index (χ1) is 11.4. The van der Waals surface area contributed by atoms with Crippen molar-refractivity contribution in [3.63, 3.8) is 0 Å². The van der Waals surface area contributed by atoms with Crippen molar-refractivity contribution in [2.24, 2.45) is 10.9 Å². The molecule has 1 unspecified atom stereocenters. The van der Waals surface area contributed by atoms with Crippen LogP contribution in [0.4, 0.5) is 11.4 Å². The minimum absolute atomic E-state index is 0.543. The fourth-order valence-electron chi connectivity index (χ4n) is 4.07. The second kappa shape index (κ2) is 6.19. The first-order valence-electron chi connectivity index (χ1n) is 8.87. The smallest absolute Gasteiger partial charge is 0.0633 e. The van der Waals surface area contributed by atoms with E-state index >= 15 is 0 Å². The molecule has 2 heterocycles. The zero-order valence-electron chi connectivity index (χ0n) is 13.8. The van der Waals surface area contributed by atoms with Gasteiger partial charge in [-0.25, -0.2) is 0 Å². The Bertz CT molecular complexity index is 718. The molecule has 0 aromatic heterocycles. The van der Waals surface area contributed by atoms with Crippen LogP contribution < -0.4 is 4.90 Å². The highest BCUT2D eigenvalue weighted by atomic mass is 15.2. The summed E-state index contributed by atoms with van der Waals surface area (Å²) in [6.45, 7) is 4.61. The summed E-state index contributed by atoms with van der Waals surface area (Å²) in [4.78, 5) is 7.69. The molecule has 0 radical (unpaired) electrons. The number of aliphatic imine (C=N–C) groups is 1. The lowest BCUT2D eigenvalue weighted by Crippen LogP contribution is -2.42. The van der Waals surface area contributed by atoms with E-state index in [4.69, 9.17) is 4.99 Å². The van der Waals surface area contributed by atoms with E-state index in [2.05, 4.69) is 60.4 Å². The number of para-hydroxylation sites is 2. The summed E-state index contributed by atoms with van der Waals surface area (Å²) < 4.78 is 0. The molecule has 2 heteroatoms. The monoisotopic (exact) mass is 304 g/mol. The van der Waals surface area contributed by atoms with Gasteiger partial charge in [0.15, 0.2) is 0 Å². The zero-order chi connectivity index (χ0) is 15.6. The lowest BCUT2D eigenvalue weighted by molar-refractivity contribution is 0.559. The topological polar surface area (TPSA) is 15.6 Å². The SMILES string of the molecule is CCCC1CN2CCCc3cccc(c32)C1=Nc1ccccc1. The van der Waals surface area contributed by atoms with Crippen LogP contribution in [0.5, 0.6) is 0 Å². The molecule has 0 saturated carbocycles. The summed E-state index contributed by atoms with van der Waals surface area (Å²) in [5, 5.41) is 0. The standard InChI is InChI=1S/C21H24N2/c1-2-8-17-15-23-14-7-10-16-9-6-13-19(21(16)23)20(17)22-18-11-4-3-5-12-18/h3-6,9,11-13,17H,2,7-8,10,14-15H2,1H3. The van der Waals surface area contributed by atoms with Crippen LogP contribution in [0.15, 0.2) is 53.5 Å². The molecule has 0 bridgehead atoms. The predicted octanol–water partition coefficient (Wildman–Crippen LogP) is 4.99. The van der Waals surface area contributed by atoms with Crippen molar-refractivity contribution in [2.45, 2.75) is 32.6 Å². The molecule has 2 aliphatic rings. The second-order valence-corrected chi connectivity index (χ2v) is 6.68. The zero-order valence-corrected chi connectivity index (χ0v) is 13.8. The van der Waals surface area contributed by atoms with Crippen molar-refractivity contribution in [2.75, 3.05) is 18.0 Å². The second-order valence-electron chi connectivity index (χ2n) is 6.68. The Labute approximate surface area is 138 Å². The summed E-state index contributed by atoms with van der Waals surface area (Å²) in [6.07, 6.45) is 4.91. The molecule has 0 N–H and O–H groups in total. The summed E-state index contributed by atoms with van der Waals surface area (Å²) in [6, 6.07) is 17.2. The Morgan fingerprint density at radius 1 is 1.09 bits per heavy atom. The van der Waals surface area contributed by atoms with E-state index in [1.165, 1.54) is 54.8 Å². The molecule has 0 spiro atoms. The maximum Gasteiger partial charge on any atom is 0.0633 e. The molecule has 4 rings (SSSR count). The molecule has 2 aliphatic heterocycles. The van der Waals surface area contributed by atoms with E-state index in [1.54, 1.807) is 0 Å². The van der Waals surface area contributed by atoms with Gasteiger partial charge in [-0.1, -0.05) is 49.7 Å². The van der Waals surface area contributed by atoms with Gasteiger partial charge in [-0.15, -0.1) is 0 Å². The van der Waals surface area contributed by atoms with Crippen molar-refractivity contribution in [3.8, 4) is 0 Å². The Morgan fingerprint density at radius 3 is 2.78 bits per heavy atom. The van der Waals surface area contributed by atoms with Gasteiger partial charge in [0.05, 0.1) is 11.4 Å². The largest absolute Gasteiger partial charge is 0.370 e. The molecule has 0 saturated heterocycles.